The van der Waals surface area contributed by atoms with Gasteiger partial charge >= 0.3 is 0 Å². The number of hydrogen-bond acceptors (Lipinski definition) is 5. The molecule has 0 atom stereocenters. The van der Waals surface area contributed by atoms with E-state index in [1.165, 1.54) is 43.5 Å². The van der Waals surface area contributed by atoms with Gasteiger partial charge in [-0.25, -0.2) is 0 Å². The van der Waals surface area contributed by atoms with Gasteiger partial charge in [-0.2, -0.15) is 0 Å². The van der Waals surface area contributed by atoms with Crippen LogP contribution in [-0.4, -0.2) is 57.5 Å². The van der Waals surface area contributed by atoms with E-state index in [1.807, 2.05) is 6.07 Å². The van der Waals surface area contributed by atoms with E-state index < -0.39 is 0 Å². The fourth-order valence-corrected chi connectivity index (χ4v) is 5.17. The average molecular weight is 478 g/mol. The topological polar surface area (TPSA) is 63.1 Å². The first kappa shape index (κ1) is 24.5. The van der Waals surface area contributed by atoms with Crippen LogP contribution in [0, 0.1) is 6.92 Å². The number of hydrogen-bond donors (Lipinski definition) is 1. The van der Waals surface area contributed by atoms with Gasteiger partial charge in [-0.15, -0.1) is 10.2 Å². The highest BCUT2D eigenvalue weighted by Gasteiger charge is 2.15. The molecule has 2 heterocycles. The van der Waals surface area contributed by atoms with E-state index in [-0.39, 0.29) is 5.91 Å². The lowest BCUT2D eigenvalue weighted by Crippen LogP contribution is -2.37. The number of amides is 1. The van der Waals surface area contributed by atoms with E-state index in [9.17, 15) is 4.79 Å². The molecule has 34 heavy (non-hydrogen) atoms. The van der Waals surface area contributed by atoms with Crippen LogP contribution in [-0.2, 0) is 11.2 Å². The van der Waals surface area contributed by atoms with E-state index in [4.69, 9.17) is 0 Å². The van der Waals surface area contributed by atoms with Gasteiger partial charge in [0.1, 0.15) is 5.82 Å². The number of benzene rings is 2. The maximum Gasteiger partial charge on any atom is 0.220 e. The van der Waals surface area contributed by atoms with Crippen molar-refractivity contribution in [3.8, 4) is 5.69 Å². The summed E-state index contributed by atoms with van der Waals surface area (Å²) in [6.45, 7) is 6.13. The number of carbonyl (C=O) groups excluding carboxylic acids is 1. The maximum atomic E-state index is 12.3. The lowest BCUT2D eigenvalue weighted by Gasteiger charge is -2.26. The molecule has 0 bridgehead atoms. The van der Waals surface area contributed by atoms with Gasteiger partial charge in [-0.3, -0.25) is 9.36 Å². The summed E-state index contributed by atoms with van der Waals surface area (Å²) in [6, 6.07) is 18.8. The monoisotopic (exact) mass is 477 g/mol. The average Bonchev–Trinajstić information content (AvgIpc) is 3.26. The molecule has 3 aromatic rings. The first-order valence-electron chi connectivity index (χ1n) is 12.4. The number of nitrogens with one attached hydrogen (secondary N) is 1. The number of rotatable bonds is 11. The smallest absolute Gasteiger partial charge is 0.220 e. The Kier molecular flexibility index (Phi) is 9.16. The molecule has 1 aliphatic heterocycles. The van der Waals surface area contributed by atoms with Gasteiger partial charge in [-0.05, 0) is 57.0 Å². The van der Waals surface area contributed by atoms with Gasteiger partial charge in [-0.1, -0.05) is 66.2 Å². The molecule has 0 aliphatic carbocycles. The largest absolute Gasteiger partial charge is 0.355 e. The van der Waals surface area contributed by atoms with Crippen molar-refractivity contribution in [3.05, 3.63) is 71.5 Å². The normalized spacial score (nSPS) is 14.3. The summed E-state index contributed by atoms with van der Waals surface area (Å²) >= 11 is 1.67. The molecule has 1 aliphatic rings. The predicted molar refractivity (Wildman–Crippen MR) is 139 cm³/mol. The fourth-order valence-electron chi connectivity index (χ4n) is 4.26. The molecule has 1 amide bonds. The molecule has 0 unspecified atom stereocenters. The summed E-state index contributed by atoms with van der Waals surface area (Å²) < 4.78 is 2.15. The van der Waals surface area contributed by atoms with Crippen molar-refractivity contribution in [2.45, 2.75) is 50.6 Å². The molecule has 0 radical (unpaired) electrons. The van der Waals surface area contributed by atoms with Crippen LogP contribution in [0.4, 0.5) is 0 Å². The van der Waals surface area contributed by atoms with Crippen LogP contribution >= 0.6 is 11.8 Å². The first-order valence-corrected chi connectivity index (χ1v) is 13.3. The Morgan fingerprint density at radius 1 is 1.00 bits per heavy atom. The number of aryl methyl sites for hydroxylation is 1. The van der Waals surface area contributed by atoms with Crippen LogP contribution < -0.4 is 5.32 Å². The molecule has 1 fully saturated rings. The highest BCUT2D eigenvalue weighted by molar-refractivity contribution is 7.99. The number of carbonyl (C=O) groups is 1. The Balaban J connectivity index is 1.30. The predicted octanol–water partition coefficient (Wildman–Crippen LogP) is 4.64. The molecule has 1 N–H and O–H groups in total. The van der Waals surface area contributed by atoms with Crippen LogP contribution in [0.2, 0.25) is 0 Å². The molecule has 2 aromatic carbocycles. The molecular weight excluding hydrogens is 442 g/mol. The quantitative estimate of drug-likeness (QED) is 0.322. The van der Waals surface area contributed by atoms with Gasteiger partial charge in [0.2, 0.25) is 5.91 Å². The van der Waals surface area contributed by atoms with Crippen molar-refractivity contribution in [1.29, 1.82) is 0 Å². The van der Waals surface area contributed by atoms with Crippen LogP contribution in [0.25, 0.3) is 5.69 Å². The summed E-state index contributed by atoms with van der Waals surface area (Å²) in [5.41, 5.74) is 3.50. The molecule has 0 spiro atoms. The lowest BCUT2D eigenvalue weighted by molar-refractivity contribution is -0.121. The molecular formula is C27H35N5OS. The SMILES string of the molecule is Cc1ccc(-n2c(Cc3ccccc3)nnc2SCCCC(=O)NCCN2CCCCC2)cc1. The summed E-state index contributed by atoms with van der Waals surface area (Å²) in [5, 5.41) is 13.0. The molecule has 1 saturated heterocycles. The molecule has 6 nitrogen and oxygen atoms in total. The van der Waals surface area contributed by atoms with Gasteiger partial charge < -0.3 is 10.2 Å². The summed E-state index contributed by atoms with van der Waals surface area (Å²) in [7, 11) is 0. The molecule has 180 valence electrons. The number of likely N-dealkylation sites (tertiary alicyclic amines) is 1. The fraction of sp³-hybridized carbons (Fsp3) is 0.444. The minimum absolute atomic E-state index is 0.141. The third-order valence-corrected chi connectivity index (χ3v) is 7.19. The van der Waals surface area contributed by atoms with Crippen molar-refractivity contribution in [1.82, 2.24) is 25.0 Å². The number of nitrogens with zero attached hydrogens (tertiary/aromatic N) is 4. The van der Waals surface area contributed by atoms with Gasteiger partial charge in [0.25, 0.3) is 0 Å². The summed E-state index contributed by atoms with van der Waals surface area (Å²) in [6.07, 6.45) is 5.99. The van der Waals surface area contributed by atoms with E-state index in [1.54, 1.807) is 11.8 Å². The van der Waals surface area contributed by atoms with E-state index in [0.717, 1.165) is 48.4 Å². The third kappa shape index (κ3) is 7.18. The Labute approximate surface area is 207 Å². The molecule has 7 heteroatoms. The minimum atomic E-state index is 0.141. The maximum absolute atomic E-state index is 12.3. The van der Waals surface area contributed by atoms with Crippen LogP contribution in [0.5, 0.6) is 0 Å². The number of aromatic nitrogens is 3. The summed E-state index contributed by atoms with van der Waals surface area (Å²) in [4.78, 5) is 14.7. The highest BCUT2D eigenvalue weighted by atomic mass is 32.2. The second-order valence-corrected chi connectivity index (χ2v) is 10.00. The minimum Gasteiger partial charge on any atom is -0.355 e. The Hall–Kier alpha value is -2.64. The second kappa shape index (κ2) is 12.7. The Morgan fingerprint density at radius 2 is 1.76 bits per heavy atom. The zero-order chi connectivity index (χ0) is 23.6. The Bertz CT molecular complexity index is 1030. The Morgan fingerprint density at radius 3 is 2.53 bits per heavy atom. The molecule has 0 saturated carbocycles. The standard InChI is InChI=1S/C27H35N5OS/c1-22-12-14-24(15-13-22)32-25(21-23-9-4-2-5-10-23)29-30-27(32)34-20-8-11-26(33)28-16-19-31-17-6-3-7-18-31/h2,4-5,9-10,12-15H,3,6-8,11,16-21H2,1H3,(H,28,33). The van der Waals surface area contributed by atoms with E-state index >= 15 is 0 Å². The number of thioether (sulfide) groups is 1. The van der Waals surface area contributed by atoms with Crippen molar-refractivity contribution in [3.63, 3.8) is 0 Å². The first-order chi connectivity index (χ1) is 16.7. The van der Waals surface area contributed by atoms with Crippen molar-refractivity contribution >= 4 is 17.7 Å². The third-order valence-electron chi connectivity index (χ3n) is 6.18. The van der Waals surface area contributed by atoms with Gasteiger partial charge in [0.15, 0.2) is 5.16 Å². The number of piperidine rings is 1. The zero-order valence-corrected chi connectivity index (χ0v) is 20.9. The van der Waals surface area contributed by atoms with Crippen molar-refractivity contribution in [2.75, 3.05) is 31.9 Å². The highest BCUT2D eigenvalue weighted by Crippen LogP contribution is 2.24. The van der Waals surface area contributed by atoms with E-state index in [0.29, 0.717) is 6.42 Å². The molecule has 4 rings (SSSR count). The molecule has 1 aromatic heterocycles. The summed E-state index contributed by atoms with van der Waals surface area (Å²) in [5.74, 6) is 1.89. The van der Waals surface area contributed by atoms with Crippen molar-refractivity contribution < 1.29 is 4.79 Å². The van der Waals surface area contributed by atoms with Gasteiger partial charge in [0.05, 0.1) is 0 Å². The lowest BCUT2D eigenvalue weighted by atomic mass is 10.1. The second-order valence-electron chi connectivity index (χ2n) is 8.94. The van der Waals surface area contributed by atoms with Crippen LogP contribution in [0.3, 0.4) is 0 Å². The van der Waals surface area contributed by atoms with Gasteiger partial charge in [0, 0.05) is 37.4 Å². The van der Waals surface area contributed by atoms with Crippen molar-refractivity contribution in [2.24, 2.45) is 0 Å². The zero-order valence-electron chi connectivity index (χ0n) is 20.1. The van der Waals surface area contributed by atoms with E-state index in [2.05, 4.69) is 80.4 Å². The van der Waals surface area contributed by atoms with Crippen LogP contribution in [0.15, 0.2) is 59.8 Å². The van der Waals surface area contributed by atoms with Crippen LogP contribution in [0.1, 0.15) is 49.1 Å².